The molecule has 0 unspecified atom stereocenters. The van der Waals surface area contributed by atoms with Gasteiger partial charge in [0.25, 0.3) is 0 Å². The van der Waals surface area contributed by atoms with Crippen LogP contribution in [-0.2, 0) is 23.2 Å². The molecular formula is C21H22N2O4. The summed E-state index contributed by atoms with van der Waals surface area (Å²) in [6.45, 7) is 7.76. The summed E-state index contributed by atoms with van der Waals surface area (Å²) < 4.78 is 12.4. The maximum Gasteiger partial charge on any atom is 0.336 e. The third-order valence-corrected chi connectivity index (χ3v) is 4.77. The average molecular weight is 366 g/mol. The molecule has 0 saturated carbocycles. The Balaban J connectivity index is 1.80. The molecule has 0 aliphatic heterocycles. The van der Waals surface area contributed by atoms with Crippen molar-refractivity contribution in [2.45, 2.75) is 34.3 Å². The van der Waals surface area contributed by atoms with Crippen LogP contribution in [0.2, 0.25) is 0 Å². The number of esters is 1. The first-order chi connectivity index (χ1) is 12.8. The van der Waals surface area contributed by atoms with Crippen LogP contribution in [0.3, 0.4) is 0 Å². The Morgan fingerprint density at radius 3 is 2.56 bits per heavy atom. The van der Waals surface area contributed by atoms with E-state index < -0.39 is 11.6 Å². The Labute approximate surface area is 157 Å². The van der Waals surface area contributed by atoms with Gasteiger partial charge in [-0.2, -0.15) is 5.10 Å². The van der Waals surface area contributed by atoms with E-state index in [0.29, 0.717) is 11.1 Å². The van der Waals surface area contributed by atoms with Crippen molar-refractivity contribution in [1.82, 2.24) is 9.78 Å². The molecule has 0 aliphatic carbocycles. The number of hydrogen-bond donors (Lipinski definition) is 0. The minimum atomic E-state index is -0.483. The number of benzene rings is 1. The number of rotatable bonds is 4. The molecule has 27 heavy (non-hydrogen) atoms. The van der Waals surface area contributed by atoms with Gasteiger partial charge in [-0.3, -0.25) is 4.68 Å². The standard InChI is InChI=1S/C21H22N2O4/c1-12-8-18-16(10-21(25)27-19(18)9-13(12)2)11-26-20(24)7-6-17-14(3)22-23(5)15(17)4/h6-10H,11H2,1-5H3/b7-6+. The zero-order valence-corrected chi connectivity index (χ0v) is 16.1. The van der Waals surface area contributed by atoms with E-state index in [1.807, 2.05) is 46.9 Å². The zero-order valence-electron chi connectivity index (χ0n) is 16.1. The molecule has 0 atom stereocenters. The van der Waals surface area contributed by atoms with Crippen LogP contribution in [0.1, 0.15) is 33.6 Å². The monoisotopic (exact) mass is 366 g/mol. The second-order valence-electron chi connectivity index (χ2n) is 6.67. The van der Waals surface area contributed by atoms with Gasteiger partial charge >= 0.3 is 11.6 Å². The van der Waals surface area contributed by atoms with Gasteiger partial charge < -0.3 is 9.15 Å². The fraction of sp³-hybridized carbons (Fsp3) is 0.286. The van der Waals surface area contributed by atoms with Crippen LogP contribution in [0.4, 0.5) is 0 Å². The van der Waals surface area contributed by atoms with Gasteiger partial charge in [0.15, 0.2) is 0 Å². The summed E-state index contributed by atoms with van der Waals surface area (Å²) in [5.74, 6) is -0.483. The average Bonchev–Trinajstić information content (AvgIpc) is 2.84. The summed E-state index contributed by atoms with van der Waals surface area (Å²) in [5, 5.41) is 5.08. The van der Waals surface area contributed by atoms with E-state index in [1.165, 1.54) is 12.1 Å². The van der Waals surface area contributed by atoms with Gasteiger partial charge in [-0.1, -0.05) is 0 Å². The van der Waals surface area contributed by atoms with Gasteiger partial charge in [0.05, 0.1) is 5.69 Å². The van der Waals surface area contributed by atoms with Gasteiger partial charge in [-0.15, -0.1) is 0 Å². The molecule has 1 aromatic carbocycles. The number of fused-ring (bicyclic) bond motifs is 1. The molecule has 0 bridgehead atoms. The van der Waals surface area contributed by atoms with Gasteiger partial charge in [-0.05, 0) is 57.0 Å². The fourth-order valence-electron chi connectivity index (χ4n) is 2.98. The third kappa shape index (κ3) is 3.84. The van der Waals surface area contributed by atoms with Gasteiger partial charge in [0, 0.05) is 41.4 Å². The Morgan fingerprint density at radius 1 is 1.19 bits per heavy atom. The van der Waals surface area contributed by atoms with Crippen molar-refractivity contribution in [3.8, 4) is 0 Å². The number of aryl methyl sites for hydroxylation is 4. The molecule has 2 heterocycles. The van der Waals surface area contributed by atoms with Crippen molar-refractivity contribution in [3.05, 3.63) is 68.3 Å². The highest BCUT2D eigenvalue weighted by Crippen LogP contribution is 2.22. The van der Waals surface area contributed by atoms with Crippen LogP contribution in [0, 0.1) is 27.7 Å². The van der Waals surface area contributed by atoms with Crippen molar-refractivity contribution in [3.63, 3.8) is 0 Å². The van der Waals surface area contributed by atoms with Crippen LogP contribution in [0.5, 0.6) is 0 Å². The maximum absolute atomic E-state index is 12.1. The molecule has 140 valence electrons. The number of hydrogen-bond acceptors (Lipinski definition) is 5. The lowest BCUT2D eigenvalue weighted by molar-refractivity contribution is -0.138. The van der Waals surface area contributed by atoms with Crippen molar-refractivity contribution in [2.24, 2.45) is 7.05 Å². The lowest BCUT2D eigenvalue weighted by Gasteiger charge is -2.08. The molecule has 0 spiro atoms. The van der Waals surface area contributed by atoms with Gasteiger partial charge in [0.1, 0.15) is 12.2 Å². The minimum absolute atomic E-state index is 0.00121. The zero-order chi connectivity index (χ0) is 19.7. The predicted octanol–water partition coefficient (Wildman–Crippen LogP) is 3.52. The third-order valence-electron chi connectivity index (χ3n) is 4.77. The first kappa shape index (κ1) is 18.6. The highest BCUT2D eigenvalue weighted by molar-refractivity contribution is 5.88. The van der Waals surface area contributed by atoms with Crippen molar-refractivity contribution < 1.29 is 13.9 Å². The van der Waals surface area contributed by atoms with E-state index in [9.17, 15) is 9.59 Å². The van der Waals surface area contributed by atoms with Crippen molar-refractivity contribution >= 4 is 23.0 Å². The predicted molar refractivity (Wildman–Crippen MR) is 103 cm³/mol. The molecule has 0 radical (unpaired) electrons. The van der Waals surface area contributed by atoms with Crippen molar-refractivity contribution in [1.29, 1.82) is 0 Å². The second-order valence-corrected chi connectivity index (χ2v) is 6.67. The van der Waals surface area contributed by atoms with Crippen LogP contribution in [0.15, 0.2) is 33.5 Å². The highest BCUT2D eigenvalue weighted by Gasteiger charge is 2.10. The molecule has 3 rings (SSSR count). The first-order valence-corrected chi connectivity index (χ1v) is 8.65. The normalized spacial score (nSPS) is 11.4. The molecule has 0 amide bonds. The van der Waals surface area contributed by atoms with E-state index in [2.05, 4.69) is 5.10 Å². The Hall–Kier alpha value is -3.15. The van der Waals surface area contributed by atoms with E-state index >= 15 is 0 Å². The molecule has 0 aliphatic rings. The Morgan fingerprint density at radius 2 is 1.89 bits per heavy atom. The molecule has 6 heteroatoms. The summed E-state index contributed by atoms with van der Waals surface area (Å²) in [6, 6.07) is 5.13. The summed E-state index contributed by atoms with van der Waals surface area (Å²) in [4.78, 5) is 23.9. The van der Waals surface area contributed by atoms with Crippen LogP contribution < -0.4 is 5.63 Å². The first-order valence-electron chi connectivity index (χ1n) is 8.65. The number of carbonyl (C=O) groups excluding carboxylic acids is 1. The SMILES string of the molecule is Cc1cc2oc(=O)cc(COC(=O)/C=C/c3c(C)nn(C)c3C)c2cc1C. The maximum atomic E-state index is 12.1. The van der Waals surface area contributed by atoms with E-state index in [1.54, 1.807) is 10.8 Å². The molecule has 3 aromatic rings. The molecule has 0 N–H and O–H groups in total. The van der Waals surface area contributed by atoms with Crippen LogP contribution in [0.25, 0.3) is 17.0 Å². The molecule has 6 nitrogen and oxygen atoms in total. The topological polar surface area (TPSA) is 74.3 Å². The van der Waals surface area contributed by atoms with Gasteiger partial charge in [0.2, 0.25) is 0 Å². The number of aromatic nitrogens is 2. The highest BCUT2D eigenvalue weighted by atomic mass is 16.5. The number of ether oxygens (including phenoxy) is 1. The van der Waals surface area contributed by atoms with E-state index in [0.717, 1.165) is 33.5 Å². The summed E-state index contributed by atoms with van der Waals surface area (Å²) in [5.41, 5.74) is 5.47. The molecule has 0 saturated heterocycles. The van der Waals surface area contributed by atoms with E-state index in [4.69, 9.17) is 9.15 Å². The minimum Gasteiger partial charge on any atom is -0.458 e. The largest absolute Gasteiger partial charge is 0.458 e. The fourth-order valence-corrected chi connectivity index (χ4v) is 2.98. The second kappa shape index (κ2) is 7.23. The van der Waals surface area contributed by atoms with Crippen LogP contribution >= 0.6 is 0 Å². The smallest absolute Gasteiger partial charge is 0.336 e. The van der Waals surface area contributed by atoms with Crippen LogP contribution in [-0.4, -0.2) is 15.7 Å². The number of carbonyl (C=O) groups is 1. The Bertz CT molecular complexity index is 1120. The molecular weight excluding hydrogens is 344 g/mol. The summed E-state index contributed by atoms with van der Waals surface area (Å²) in [6.07, 6.45) is 3.07. The molecule has 2 aromatic heterocycles. The van der Waals surface area contributed by atoms with Gasteiger partial charge in [-0.25, -0.2) is 9.59 Å². The lowest BCUT2D eigenvalue weighted by atomic mass is 10.0. The number of nitrogens with zero attached hydrogens (tertiary/aromatic N) is 2. The Kier molecular flexibility index (Phi) is 4.99. The van der Waals surface area contributed by atoms with Crippen molar-refractivity contribution in [2.75, 3.05) is 0 Å². The summed E-state index contributed by atoms with van der Waals surface area (Å²) >= 11 is 0. The molecule has 0 fully saturated rings. The lowest BCUT2D eigenvalue weighted by Crippen LogP contribution is -2.06. The van der Waals surface area contributed by atoms with E-state index in [-0.39, 0.29) is 6.61 Å². The quantitative estimate of drug-likeness (QED) is 0.401. The summed E-state index contributed by atoms with van der Waals surface area (Å²) in [7, 11) is 1.85.